The van der Waals surface area contributed by atoms with Crippen LogP contribution in [0.5, 0.6) is 11.5 Å². The van der Waals surface area contributed by atoms with E-state index in [2.05, 4.69) is 25.5 Å². The van der Waals surface area contributed by atoms with Crippen molar-refractivity contribution in [3.05, 3.63) is 113 Å². The van der Waals surface area contributed by atoms with E-state index in [1.165, 1.54) is 41.1 Å². The number of nitrogens with one attached hydrogen (secondary N) is 2. The molecule has 1 amide bonds. The van der Waals surface area contributed by atoms with Crippen molar-refractivity contribution in [3.8, 4) is 17.2 Å². The van der Waals surface area contributed by atoms with Gasteiger partial charge in [-0.3, -0.25) is 19.1 Å². The number of benzene rings is 2. The van der Waals surface area contributed by atoms with E-state index in [1.807, 2.05) is 6.07 Å². The molecule has 6 rings (SSSR count). The number of amides is 1. The Kier molecular flexibility index (Phi) is 8.23. The summed E-state index contributed by atoms with van der Waals surface area (Å²) in [6.07, 6.45) is 4.97. The second-order valence-corrected chi connectivity index (χ2v) is 9.26. The quantitative estimate of drug-likeness (QED) is 0.301. The summed E-state index contributed by atoms with van der Waals surface area (Å²) in [5.74, 6) is 1.13. The molecule has 2 N–H and O–H groups in total. The number of carbonyl (C=O) groups is 1. The highest BCUT2D eigenvalue weighted by molar-refractivity contribution is 6.04. The fourth-order valence-corrected chi connectivity index (χ4v) is 4.57. The zero-order valence-corrected chi connectivity index (χ0v) is 22.6. The van der Waals surface area contributed by atoms with Crippen LogP contribution in [0.3, 0.4) is 0 Å². The summed E-state index contributed by atoms with van der Waals surface area (Å²) < 4.78 is 20.8. The first-order chi connectivity index (χ1) is 19.5. The molecule has 0 radical (unpaired) electrons. The van der Waals surface area contributed by atoms with Crippen LogP contribution >= 0.6 is 12.4 Å². The third kappa shape index (κ3) is 6.03. The van der Waals surface area contributed by atoms with E-state index in [0.29, 0.717) is 22.9 Å². The molecule has 41 heavy (non-hydrogen) atoms. The maximum atomic E-state index is 13.3. The van der Waals surface area contributed by atoms with Crippen LogP contribution in [0.15, 0.2) is 96.2 Å². The molecule has 0 atom stereocenters. The Morgan fingerprint density at radius 1 is 0.976 bits per heavy atom. The summed E-state index contributed by atoms with van der Waals surface area (Å²) in [6.45, 7) is 3.58. The minimum Gasteiger partial charge on any atom is -0.457 e. The van der Waals surface area contributed by atoms with Gasteiger partial charge in [-0.15, -0.1) is 12.4 Å². The van der Waals surface area contributed by atoms with Gasteiger partial charge in [-0.2, -0.15) is 0 Å². The standard InChI is InChI=1S/C30H25FN6O3.ClH/c31-20-3-7-22(8-4-20)37-15-1-2-24(30(37)39)29(38)35-21-5-9-23(10-6-21)40-27-11-12-33-26-19-34-28(18-25(26)27)36-16-13-32-14-17-36;/h1-12,15,18-19,32H,13-14,16-17H2,(H,35,38);1H. The van der Waals surface area contributed by atoms with Crippen LogP contribution in [-0.4, -0.2) is 46.6 Å². The van der Waals surface area contributed by atoms with Crippen LogP contribution in [0.25, 0.3) is 16.6 Å². The third-order valence-electron chi connectivity index (χ3n) is 6.65. The number of piperazine rings is 1. The lowest BCUT2D eigenvalue weighted by Gasteiger charge is -2.28. The first-order valence-electron chi connectivity index (χ1n) is 12.8. The van der Waals surface area contributed by atoms with Gasteiger partial charge in [0.15, 0.2) is 0 Å². The lowest BCUT2D eigenvalue weighted by molar-refractivity contribution is 0.102. The number of fused-ring (bicyclic) bond motifs is 1. The number of anilines is 2. The van der Waals surface area contributed by atoms with E-state index >= 15 is 0 Å². The zero-order chi connectivity index (χ0) is 27.5. The van der Waals surface area contributed by atoms with Crippen LogP contribution in [0, 0.1) is 5.82 Å². The molecule has 1 aliphatic heterocycles. The molecule has 2 aromatic carbocycles. The first-order valence-corrected chi connectivity index (χ1v) is 12.8. The molecule has 5 aromatic rings. The minimum atomic E-state index is -0.553. The first kappa shape index (κ1) is 27.8. The highest BCUT2D eigenvalue weighted by Crippen LogP contribution is 2.31. The molecule has 11 heteroatoms. The van der Waals surface area contributed by atoms with E-state index in [0.717, 1.165) is 42.9 Å². The highest BCUT2D eigenvalue weighted by atomic mass is 35.5. The van der Waals surface area contributed by atoms with Gasteiger partial charge in [0, 0.05) is 55.3 Å². The number of carbonyl (C=O) groups excluding carboxylic acids is 1. The second-order valence-electron chi connectivity index (χ2n) is 9.26. The summed E-state index contributed by atoms with van der Waals surface area (Å²) in [5.41, 5.74) is 1.14. The number of pyridine rings is 3. The van der Waals surface area contributed by atoms with Gasteiger partial charge in [-0.05, 0) is 72.8 Å². The van der Waals surface area contributed by atoms with Crippen molar-refractivity contribution in [1.29, 1.82) is 0 Å². The zero-order valence-electron chi connectivity index (χ0n) is 21.8. The Labute approximate surface area is 241 Å². The fraction of sp³-hybridized carbons (Fsp3) is 0.133. The van der Waals surface area contributed by atoms with Crippen LogP contribution in [0.4, 0.5) is 15.9 Å². The largest absolute Gasteiger partial charge is 0.457 e. The fourth-order valence-electron chi connectivity index (χ4n) is 4.57. The maximum absolute atomic E-state index is 13.3. The number of hydrogen-bond acceptors (Lipinski definition) is 7. The molecule has 0 bridgehead atoms. The second kappa shape index (κ2) is 12.2. The number of halogens is 2. The van der Waals surface area contributed by atoms with Gasteiger partial charge in [0.1, 0.15) is 28.7 Å². The van der Waals surface area contributed by atoms with Gasteiger partial charge in [-0.25, -0.2) is 9.37 Å². The van der Waals surface area contributed by atoms with E-state index in [9.17, 15) is 14.0 Å². The monoisotopic (exact) mass is 572 g/mol. The van der Waals surface area contributed by atoms with E-state index in [1.54, 1.807) is 48.8 Å². The molecular formula is C30H26ClFN6O3. The van der Waals surface area contributed by atoms with Crippen molar-refractivity contribution >= 4 is 40.7 Å². The SMILES string of the molecule is Cl.O=C(Nc1ccc(Oc2ccnc3cnc(N4CCNCC4)cc23)cc1)c1cccn(-c2ccc(F)cc2)c1=O. The third-order valence-corrected chi connectivity index (χ3v) is 6.65. The predicted molar refractivity (Wildman–Crippen MR) is 158 cm³/mol. The van der Waals surface area contributed by atoms with Crippen LogP contribution in [-0.2, 0) is 0 Å². The average molecular weight is 573 g/mol. The molecule has 4 heterocycles. The van der Waals surface area contributed by atoms with Crippen molar-refractivity contribution in [2.75, 3.05) is 36.4 Å². The molecule has 3 aromatic heterocycles. The Hall–Kier alpha value is -4.80. The summed E-state index contributed by atoms with van der Waals surface area (Å²) >= 11 is 0. The van der Waals surface area contributed by atoms with Gasteiger partial charge in [0.25, 0.3) is 11.5 Å². The van der Waals surface area contributed by atoms with Crippen molar-refractivity contribution < 1.29 is 13.9 Å². The minimum absolute atomic E-state index is 0. The van der Waals surface area contributed by atoms with Gasteiger partial charge in [0.2, 0.25) is 0 Å². The Bertz CT molecular complexity index is 1740. The number of nitrogens with zero attached hydrogens (tertiary/aromatic N) is 4. The van der Waals surface area contributed by atoms with E-state index in [4.69, 9.17) is 4.74 Å². The molecule has 1 saturated heterocycles. The van der Waals surface area contributed by atoms with E-state index < -0.39 is 17.3 Å². The molecule has 0 saturated carbocycles. The average Bonchev–Trinajstić information content (AvgIpc) is 2.99. The topological polar surface area (TPSA) is 101 Å². The summed E-state index contributed by atoms with van der Waals surface area (Å²) in [5, 5.41) is 6.95. The number of hydrogen-bond donors (Lipinski definition) is 2. The van der Waals surface area contributed by atoms with Gasteiger partial charge in [0.05, 0.1) is 11.7 Å². The molecule has 1 aliphatic rings. The Morgan fingerprint density at radius 3 is 2.49 bits per heavy atom. The van der Waals surface area contributed by atoms with Crippen molar-refractivity contribution in [3.63, 3.8) is 0 Å². The molecule has 208 valence electrons. The van der Waals surface area contributed by atoms with Crippen LogP contribution in [0.1, 0.15) is 10.4 Å². The molecular weight excluding hydrogens is 547 g/mol. The van der Waals surface area contributed by atoms with Gasteiger partial charge >= 0.3 is 0 Å². The normalized spacial score (nSPS) is 13.0. The smallest absolute Gasteiger partial charge is 0.267 e. The van der Waals surface area contributed by atoms with E-state index in [-0.39, 0.29) is 18.0 Å². The van der Waals surface area contributed by atoms with Crippen LogP contribution in [0.2, 0.25) is 0 Å². The summed E-state index contributed by atoms with van der Waals surface area (Å²) in [6, 6.07) is 19.2. The summed E-state index contributed by atoms with van der Waals surface area (Å²) in [4.78, 5) is 37.1. The molecule has 9 nitrogen and oxygen atoms in total. The van der Waals surface area contributed by atoms with Gasteiger partial charge < -0.3 is 20.3 Å². The van der Waals surface area contributed by atoms with Crippen LogP contribution < -0.4 is 25.8 Å². The summed E-state index contributed by atoms with van der Waals surface area (Å²) in [7, 11) is 0. The van der Waals surface area contributed by atoms with Gasteiger partial charge in [-0.1, -0.05) is 0 Å². The molecule has 0 unspecified atom stereocenters. The Balaban J connectivity index is 0.00000337. The maximum Gasteiger partial charge on any atom is 0.267 e. The van der Waals surface area contributed by atoms with Crippen molar-refractivity contribution in [2.45, 2.75) is 0 Å². The molecule has 1 fully saturated rings. The highest BCUT2D eigenvalue weighted by Gasteiger charge is 2.15. The number of ether oxygens (including phenoxy) is 1. The lowest BCUT2D eigenvalue weighted by Crippen LogP contribution is -2.43. The molecule has 0 spiro atoms. The number of rotatable bonds is 6. The molecule has 0 aliphatic carbocycles. The number of aromatic nitrogens is 3. The Morgan fingerprint density at radius 2 is 1.73 bits per heavy atom. The van der Waals surface area contributed by atoms with Crippen molar-refractivity contribution in [2.24, 2.45) is 0 Å². The lowest BCUT2D eigenvalue weighted by atomic mass is 10.2. The van der Waals surface area contributed by atoms with Crippen molar-refractivity contribution in [1.82, 2.24) is 19.9 Å². The predicted octanol–water partition coefficient (Wildman–Crippen LogP) is 4.80.